The molecule has 0 saturated carbocycles. The zero-order valence-corrected chi connectivity index (χ0v) is 14.5. The first-order valence-corrected chi connectivity index (χ1v) is 8.00. The smallest absolute Gasteiger partial charge is 0.308 e. The van der Waals surface area contributed by atoms with Crippen molar-refractivity contribution in [3.05, 3.63) is 43.4 Å². The number of nitrogens with zero attached hydrogens (tertiary/aromatic N) is 3. The van der Waals surface area contributed by atoms with Gasteiger partial charge in [-0.05, 0) is 39.7 Å². The van der Waals surface area contributed by atoms with Gasteiger partial charge in [0.15, 0.2) is 11.5 Å². The molecule has 0 aliphatic heterocycles. The van der Waals surface area contributed by atoms with Crippen LogP contribution in [0.3, 0.4) is 0 Å². The van der Waals surface area contributed by atoms with E-state index in [0.29, 0.717) is 31.0 Å². The third-order valence-corrected chi connectivity index (χ3v) is 4.48. The molecule has 23 heavy (non-hydrogen) atoms. The Morgan fingerprint density at radius 1 is 1.43 bits per heavy atom. The SMILES string of the molecule is COc1cc(/C=c2/sc3ncnn3c2=O)cc(Br)c1OC(C)=O. The number of halogens is 1. The summed E-state index contributed by atoms with van der Waals surface area (Å²) in [5.41, 5.74) is 0.480. The second kappa shape index (κ2) is 6.09. The first kappa shape index (κ1) is 15.6. The van der Waals surface area contributed by atoms with Gasteiger partial charge >= 0.3 is 5.97 Å². The highest BCUT2D eigenvalue weighted by Crippen LogP contribution is 2.36. The van der Waals surface area contributed by atoms with E-state index in [-0.39, 0.29) is 5.56 Å². The summed E-state index contributed by atoms with van der Waals surface area (Å²) in [5, 5.41) is 3.87. The minimum atomic E-state index is -0.451. The molecular formula is C14H10BrN3O4S. The van der Waals surface area contributed by atoms with Crippen LogP contribution in [-0.2, 0) is 4.79 Å². The van der Waals surface area contributed by atoms with E-state index in [0.717, 1.165) is 0 Å². The Balaban J connectivity index is 2.13. The van der Waals surface area contributed by atoms with E-state index >= 15 is 0 Å². The van der Waals surface area contributed by atoms with Crippen molar-refractivity contribution in [3.63, 3.8) is 0 Å². The molecule has 9 heteroatoms. The maximum Gasteiger partial charge on any atom is 0.308 e. The molecular weight excluding hydrogens is 386 g/mol. The Hall–Kier alpha value is -2.26. The molecule has 0 amide bonds. The molecule has 0 atom stereocenters. The average molecular weight is 396 g/mol. The van der Waals surface area contributed by atoms with Crippen LogP contribution in [0.2, 0.25) is 0 Å². The van der Waals surface area contributed by atoms with Crippen molar-refractivity contribution in [2.24, 2.45) is 0 Å². The van der Waals surface area contributed by atoms with Crippen LogP contribution in [0.25, 0.3) is 11.0 Å². The Bertz CT molecular complexity index is 1010. The molecule has 0 unspecified atom stereocenters. The second-order valence-electron chi connectivity index (χ2n) is 4.50. The number of carbonyl (C=O) groups excluding carboxylic acids is 1. The molecule has 3 aromatic rings. The van der Waals surface area contributed by atoms with E-state index in [1.54, 1.807) is 18.2 Å². The first-order chi connectivity index (χ1) is 11.0. The molecule has 0 bridgehead atoms. The molecule has 2 heterocycles. The number of hydrogen-bond acceptors (Lipinski definition) is 7. The number of esters is 1. The van der Waals surface area contributed by atoms with Gasteiger partial charge in [0, 0.05) is 6.92 Å². The molecule has 1 aromatic carbocycles. The number of aromatic nitrogens is 3. The van der Waals surface area contributed by atoms with E-state index in [4.69, 9.17) is 9.47 Å². The molecule has 0 spiro atoms. The number of ether oxygens (including phenoxy) is 2. The number of fused-ring (bicyclic) bond motifs is 1. The highest BCUT2D eigenvalue weighted by Gasteiger charge is 2.13. The van der Waals surface area contributed by atoms with Crippen molar-refractivity contribution in [2.75, 3.05) is 7.11 Å². The van der Waals surface area contributed by atoms with Crippen molar-refractivity contribution in [1.82, 2.24) is 14.6 Å². The van der Waals surface area contributed by atoms with Crippen molar-refractivity contribution < 1.29 is 14.3 Å². The molecule has 0 N–H and O–H groups in total. The van der Waals surface area contributed by atoms with Gasteiger partial charge in [0.25, 0.3) is 5.56 Å². The third kappa shape index (κ3) is 2.97. The summed E-state index contributed by atoms with van der Waals surface area (Å²) in [6, 6.07) is 3.41. The number of carbonyl (C=O) groups is 1. The van der Waals surface area contributed by atoms with Gasteiger partial charge in [0.05, 0.1) is 16.1 Å². The number of rotatable bonds is 3. The molecule has 0 aliphatic rings. The van der Waals surface area contributed by atoms with Gasteiger partial charge < -0.3 is 9.47 Å². The molecule has 0 aliphatic carbocycles. The quantitative estimate of drug-likeness (QED) is 0.492. The Morgan fingerprint density at radius 3 is 2.87 bits per heavy atom. The van der Waals surface area contributed by atoms with Crippen LogP contribution in [-0.4, -0.2) is 27.7 Å². The van der Waals surface area contributed by atoms with Crippen LogP contribution in [0.15, 0.2) is 27.7 Å². The summed E-state index contributed by atoms with van der Waals surface area (Å²) in [6.07, 6.45) is 3.04. The lowest BCUT2D eigenvalue weighted by Crippen LogP contribution is -2.23. The minimum Gasteiger partial charge on any atom is -0.493 e. The van der Waals surface area contributed by atoms with Gasteiger partial charge in [-0.2, -0.15) is 9.61 Å². The zero-order valence-electron chi connectivity index (χ0n) is 12.1. The second-order valence-corrected chi connectivity index (χ2v) is 6.36. The van der Waals surface area contributed by atoms with E-state index in [9.17, 15) is 9.59 Å². The van der Waals surface area contributed by atoms with Crippen LogP contribution < -0.4 is 19.6 Å². The monoisotopic (exact) mass is 395 g/mol. The van der Waals surface area contributed by atoms with E-state index in [1.807, 2.05) is 0 Å². The van der Waals surface area contributed by atoms with Gasteiger partial charge in [-0.15, -0.1) is 0 Å². The van der Waals surface area contributed by atoms with Gasteiger partial charge in [-0.25, -0.2) is 4.98 Å². The Labute approximate surface area is 142 Å². The lowest BCUT2D eigenvalue weighted by Gasteiger charge is -2.10. The average Bonchev–Trinajstić information content (AvgIpc) is 3.05. The highest BCUT2D eigenvalue weighted by atomic mass is 79.9. The highest BCUT2D eigenvalue weighted by molar-refractivity contribution is 9.10. The van der Waals surface area contributed by atoms with E-state index in [2.05, 4.69) is 26.0 Å². The van der Waals surface area contributed by atoms with Gasteiger partial charge in [0.1, 0.15) is 6.33 Å². The van der Waals surface area contributed by atoms with Gasteiger partial charge in [-0.3, -0.25) is 9.59 Å². The minimum absolute atomic E-state index is 0.235. The maximum absolute atomic E-state index is 12.2. The van der Waals surface area contributed by atoms with Crippen LogP contribution in [0.5, 0.6) is 11.5 Å². The van der Waals surface area contributed by atoms with Crippen molar-refractivity contribution in [3.8, 4) is 11.5 Å². The van der Waals surface area contributed by atoms with Crippen molar-refractivity contribution >= 4 is 44.3 Å². The van der Waals surface area contributed by atoms with Gasteiger partial charge in [0.2, 0.25) is 4.96 Å². The zero-order chi connectivity index (χ0) is 16.6. The normalized spacial score (nSPS) is 11.9. The molecule has 7 nitrogen and oxygen atoms in total. The largest absolute Gasteiger partial charge is 0.493 e. The number of benzene rings is 1. The Morgan fingerprint density at radius 2 is 2.22 bits per heavy atom. The lowest BCUT2D eigenvalue weighted by atomic mass is 10.2. The summed E-state index contributed by atoms with van der Waals surface area (Å²) in [7, 11) is 1.47. The topological polar surface area (TPSA) is 82.8 Å². The van der Waals surface area contributed by atoms with Crippen molar-refractivity contribution in [2.45, 2.75) is 6.92 Å². The Kier molecular flexibility index (Phi) is 4.14. The van der Waals surface area contributed by atoms with Gasteiger partial charge in [-0.1, -0.05) is 11.3 Å². The summed E-state index contributed by atoms with van der Waals surface area (Å²) in [5.74, 6) is 0.225. The predicted octanol–water partition coefficient (Wildman–Crippen LogP) is 1.40. The molecule has 0 saturated heterocycles. The summed E-state index contributed by atoms with van der Waals surface area (Å²) in [4.78, 5) is 27.9. The van der Waals surface area contributed by atoms with E-state index in [1.165, 1.54) is 36.2 Å². The first-order valence-electron chi connectivity index (χ1n) is 6.40. The maximum atomic E-state index is 12.2. The van der Waals surface area contributed by atoms with Crippen LogP contribution in [0.4, 0.5) is 0 Å². The summed E-state index contributed by atoms with van der Waals surface area (Å²) < 4.78 is 12.7. The van der Waals surface area contributed by atoms with E-state index < -0.39 is 5.97 Å². The third-order valence-electron chi connectivity index (χ3n) is 2.92. The standard InChI is InChI=1S/C14H10BrN3O4S/c1-7(19)22-12-9(15)3-8(4-10(12)21-2)5-11-13(20)18-14(23-11)16-6-17-18/h3-6H,1-2H3/b11-5+. The molecule has 0 radical (unpaired) electrons. The molecule has 3 rings (SSSR count). The van der Waals surface area contributed by atoms with Crippen LogP contribution in [0, 0.1) is 0 Å². The van der Waals surface area contributed by atoms with Crippen molar-refractivity contribution in [1.29, 1.82) is 0 Å². The molecule has 2 aromatic heterocycles. The lowest BCUT2D eigenvalue weighted by molar-refractivity contribution is -0.132. The molecule has 0 fully saturated rings. The molecule has 118 valence electrons. The number of methoxy groups -OCH3 is 1. The fourth-order valence-corrected chi connectivity index (χ4v) is 3.42. The predicted molar refractivity (Wildman–Crippen MR) is 87.9 cm³/mol. The summed E-state index contributed by atoms with van der Waals surface area (Å²) in [6.45, 7) is 1.31. The van der Waals surface area contributed by atoms with Crippen LogP contribution in [0.1, 0.15) is 12.5 Å². The fraction of sp³-hybridized carbons (Fsp3) is 0.143. The number of hydrogen-bond donors (Lipinski definition) is 0. The fourth-order valence-electron chi connectivity index (χ4n) is 1.99. The van der Waals surface area contributed by atoms with Crippen LogP contribution >= 0.6 is 27.3 Å². The number of thiazole rings is 1. The summed E-state index contributed by atoms with van der Waals surface area (Å²) >= 11 is 4.58.